The zero-order chi connectivity index (χ0) is 53.2. The molecule has 5 saturated heterocycles. The minimum absolute atomic E-state index is 0.0229. The Morgan fingerprint density at radius 3 is 1.47 bits per heavy atom. The van der Waals surface area contributed by atoms with Crippen LogP contribution in [0.15, 0.2) is 60.9 Å². The molecule has 0 radical (unpaired) electrons. The largest absolute Gasteiger partial charge is 0.493 e. The van der Waals surface area contributed by atoms with E-state index in [9.17, 15) is 41.0 Å². The Labute approximate surface area is 430 Å². The van der Waals surface area contributed by atoms with E-state index in [2.05, 4.69) is 83.7 Å². The van der Waals surface area contributed by atoms with Gasteiger partial charge in [-0.2, -0.15) is 26.3 Å². The van der Waals surface area contributed by atoms with E-state index in [1.165, 1.54) is 34.4 Å². The van der Waals surface area contributed by atoms with Crippen molar-refractivity contribution < 1.29 is 50.5 Å². The average molecular weight is 1040 g/mol. The van der Waals surface area contributed by atoms with Crippen LogP contribution in [0.5, 0.6) is 11.5 Å². The van der Waals surface area contributed by atoms with E-state index >= 15 is 0 Å². The number of alkyl halides is 6. The van der Waals surface area contributed by atoms with E-state index in [0.29, 0.717) is 26.3 Å². The maximum absolute atomic E-state index is 13.0. The third kappa shape index (κ3) is 12.0. The van der Waals surface area contributed by atoms with E-state index in [4.69, 9.17) is 9.47 Å². The zero-order valence-electron chi connectivity index (χ0n) is 43.4. The normalized spacial score (nSPS) is 22.8. The lowest BCUT2D eigenvalue weighted by molar-refractivity contribution is -0.138. The quantitative estimate of drug-likeness (QED) is 0.0829. The van der Waals surface area contributed by atoms with Gasteiger partial charge in [0.15, 0.2) is 0 Å². The highest BCUT2D eigenvalue weighted by Crippen LogP contribution is 2.42. The molecule has 402 valence electrons. The Bertz CT molecular complexity index is 2600. The second-order valence-electron chi connectivity index (χ2n) is 20.7. The standard InChI is InChI=1S/C29H37F3N4O3.C26H33F3N4O2/c1-18-19(2)27(39-12-4-10-34-11-9-24(37)17-34)8-6-25(18)20(3)35-15-23-13-22(35)16-36(23)28(38)26-7-5-21(14-33-26)29(30,31)32;1-16-17(2)24(35-11-5-10-30-4)9-7-22(16)18(3)32-14-21-12-20(32)15-33(21)25(34)23-8-6-19(13-31-23)26(27,28)29/h5-8,14,20,22-24,37H,4,9-13,15-17H2,1-3H3;6-9,13,18,20-21,30H,5,10-12,14-15H2,1-4H3/t20-,22-,23-,24+;18-,20-,21-/m00/s1. The van der Waals surface area contributed by atoms with Gasteiger partial charge in [0.1, 0.15) is 22.9 Å². The number of fused-ring (bicyclic) bond motifs is 4. The van der Waals surface area contributed by atoms with Crippen LogP contribution in [0.3, 0.4) is 0 Å². The molecular formula is C55H70F6N8O5. The molecule has 9 rings (SSSR count). The molecule has 13 nitrogen and oxygen atoms in total. The third-order valence-electron chi connectivity index (χ3n) is 16.1. The summed E-state index contributed by atoms with van der Waals surface area (Å²) in [5.74, 6) is 1.20. The van der Waals surface area contributed by atoms with E-state index in [-0.39, 0.29) is 65.6 Å². The van der Waals surface area contributed by atoms with Crippen molar-refractivity contribution in [3.8, 4) is 11.5 Å². The smallest absolute Gasteiger partial charge is 0.417 e. The average Bonchev–Trinajstić information content (AvgIpc) is 4.25. The van der Waals surface area contributed by atoms with Gasteiger partial charge in [0.2, 0.25) is 0 Å². The maximum Gasteiger partial charge on any atom is 0.417 e. The van der Waals surface area contributed by atoms with Crippen molar-refractivity contribution in [1.29, 1.82) is 0 Å². The first-order chi connectivity index (χ1) is 35.1. The van der Waals surface area contributed by atoms with Gasteiger partial charge in [0, 0.05) is 94.5 Å². The van der Waals surface area contributed by atoms with E-state index < -0.39 is 23.5 Å². The van der Waals surface area contributed by atoms with E-state index in [1.54, 1.807) is 9.80 Å². The molecule has 5 aliphatic heterocycles. The van der Waals surface area contributed by atoms with Crippen molar-refractivity contribution in [2.24, 2.45) is 0 Å². The molecule has 0 unspecified atom stereocenters. The first-order valence-corrected chi connectivity index (χ1v) is 25.8. The first-order valence-electron chi connectivity index (χ1n) is 25.8. The monoisotopic (exact) mass is 1040 g/mol. The first kappa shape index (κ1) is 54.9. The van der Waals surface area contributed by atoms with Gasteiger partial charge < -0.3 is 34.6 Å². The number of hydrogen-bond donors (Lipinski definition) is 2. The van der Waals surface area contributed by atoms with Gasteiger partial charge in [-0.15, -0.1) is 0 Å². The lowest BCUT2D eigenvalue weighted by atomic mass is 9.96. The van der Waals surface area contributed by atoms with Gasteiger partial charge in [-0.3, -0.25) is 29.4 Å². The Balaban J connectivity index is 0.000000198. The number of likely N-dealkylation sites (tertiary alicyclic amines) is 5. The van der Waals surface area contributed by atoms with Crippen molar-refractivity contribution in [1.82, 2.24) is 39.8 Å². The summed E-state index contributed by atoms with van der Waals surface area (Å²) >= 11 is 0. The molecule has 19 heteroatoms. The topological polar surface area (TPSA) is 127 Å². The number of aliphatic hydroxyl groups excluding tert-OH is 1. The number of carbonyl (C=O) groups is 2. The minimum atomic E-state index is -4.47. The molecule has 4 aromatic rings. The number of hydrogen-bond acceptors (Lipinski definition) is 11. The van der Waals surface area contributed by atoms with Crippen molar-refractivity contribution in [2.75, 3.05) is 72.6 Å². The van der Waals surface area contributed by atoms with E-state index in [1.807, 2.05) is 19.2 Å². The van der Waals surface area contributed by atoms with Crippen LogP contribution in [0.1, 0.15) is 124 Å². The summed E-state index contributed by atoms with van der Waals surface area (Å²) < 4.78 is 89.1. The summed E-state index contributed by atoms with van der Waals surface area (Å²) in [5, 5.41) is 12.8. The van der Waals surface area contributed by atoms with Crippen molar-refractivity contribution in [2.45, 2.75) is 128 Å². The predicted octanol–water partition coefficient (Wildman–Crippen LogP) is 8.58. The number of piperazine rings is 2. The maximum atomic E-state index is 13.0. The van der Waals surface area contributed by atoms with Gasteiger partial charge in [-0.1, -0.05) is 12.1 Å². The van der Waals surface area contributed by atoms with Gasteiger partial charge in [-0.05, 0) is 157 Å². The second kappa shape index (κ2) is 22.9. The third-order valence-corrected chi connectivity index (χ3v) is 16.1. The van der Waals surface area contributed by atoms with Crippen LogP contribution in [0.2, 0.25) is 0 Å². The molecule has 0 spiro atoms. The highest BCUT2D eigenvalue weighted by atomic mass is 19.4. The molecule has 5 aliphatic rings. The second-order valence-corrected chi connectivity index (χ2v) is 20.7. The highest BCUT2D eigenvalue weighted by molar-refractivity contribution is 5.93. The molecule has 5 fully saturated rings. The number of benzene rings is 2. The Hall–Kier alpha value is -5.34. The van der Waals surface area contributed by atoms with Crippen LogP contribution in [-0.2, 0) is 12.4 Å². The number of amides is 2. The Kier molecular flexibility index (Phi) is 17.0. The van der Waals surface area contributed by atoms with Gasteiger partial charge in [-0.25, -0.2) is 0 Å². The van der Waals surface area contributed by atoms with Gasteiger partial charge >= 0.3 is 12.4 Å². The number of aromatic nitrogens is 2. The number of nitrogens with zero attached hydrogens (tertiary/aromatic N) is 7. The molecule has 0 saturated carbocycles. The molecule has 2 aromatic carbocycles. The number of pyridine rings is 2. The number of ether oxygens (including phenoxy) is 2. The summed E-state index contributed by atoms with van der Waals surface area (Å²) in [5.41, 5.74) is 5.58. The molecule has 2 amide bonds. The lowest BCUT2D eigenvalue weighted by Crippen LogP contribution is -2.49. The van der Waals surface area contributed by atoms with Crippen LogP contribution < -0.4 is 14.8 Å². The van der Waals surface area contributed by atoms with Crippen molar-refractivity contribution >= 4 is 11.8 Å². The van der Waals surface area contributed by atoms with Gasteiger partial charge in [0.05, 0.1) is 30.4 Å². The molecule has 2 aromatic heterocycles. The van der Waals surface area contributed by atoms with Crippen LogP contribution in [0.4, 0.5) is 26.3 Å². The number of nitrogens with one attached hydrogen (secondary N) is 1. The fraction of sp³-hybridized carbons (Fsp3) is 0.564. The summed E-state index contributed by atoms with van der Waals surface area (Å²) in [6, 6.07) is 13.4. The number of carbonyl (C=O) groups excluding carboxylic acids is 2. The fourth-order valence-electron chi connectivity index (χ4n) is 11.6. The lowest BCUT2D eigenvalue weighted by Gasteiger charge is -2.38. The highest BCUT2D eigenvalue weighted by Gasteiger charge is 2.49. The van der Waals surface area contributed by atoms with Crippen LogP contribution in [0, 0.1) is 27.7 Å². The van der Waals surface area contributed by atoms with E-state index in [0.717, 1.165) is 119 Å². The van der Waals surface area contributed by atoms with Crippen LogP contribution in [-0.4, -0.2) is 154 Å². The molecule has 0 aliphatic carbocycles. The SMILES string of the molecule is CNCCCOc1ccc([C@H](C)N2C[C@@H]3C[C@H]2CN3C(=O)c2ccc(C(F)(F)F)cn2)c(C)c1C.Cc1c(OCCCN2CC[C@@H](O)C2)ccc([C@H](C)N2C[C@@H]3C[C@H]2CN3C(=O)c2ccc(C(F)(F)F)cn2)c1C. The molecule has 7 heterocycles. The summed E-state index contributed by atoms with van der Waals surface area (Å²) in [6.07, 6.45) is -3.26. The molecule has 4 bridgehead atoms. The van der Waals surface area contributed by atoms with Crippen molar-refractivity contribution in [3.05, 3.63) is 117 Å². The van der Waals surface area contributed by atoms with Crippen LogP contribution >= 0.6 is 0 Å². The molecular weight excluding hydrogens is 967 g/mol. The molecule has 7 atom stereocenters. The fourth-order valence-corrected chi connectivity index (χ4v) is 11.6. The molecule has 2 N–H and O–H groups in total. The predicted molar refractivity (Wildman–Crippen MR) is 268 cm³/mol. The summed E-state index contributed by atoms with van der Waals surface area (Å²) in [6.45, 7) is 20.2. The number of aliphatic hydroxyl groups is 1. The minimum Gasteiger partial charge on any atom is -0.493 e. The number of rotatable bonds is 16. The summed E-state index contributed by atoms with van der Waals surface area (Å²) in [7, 11) is 1.93. The summed E-state index contributed by atoms with van der Waals surface area (Å²) in [4.78, 5) is 44.2. The zero-order valence-corrected chi connectivity index (χ0v) is 43.4. The Morgan fingerprint density at radius 2 is 1.11 bits per heavy atom. The Morgan fingerprint density at radius 1 is 0.649 bits per heavy atom. The van der Waals surface area contributed by atoms with Gasteiger partial charge in [0.25, 0.3) is 11.8 Å². The molecule has 74 heavy (non-hydrogen) atoms. The van der Waals surface area contributed by atoms with Crippen LogP contribution in [0.25, 0.3) is 0 Å². The number of β-amino-alcohol motifs (C(OH)–C–C–N with tert-alkyl or cyclic N) is 1. The van der Waals surface area contributed by atoms with Crippen molar-refractivity contribution in [3.63, 3.8) is 0 Å². The number of halogens is 6.